The summed E-state index contributed by atoms with van der Waals surface area (Å²) in [6.07, 6.45) is 0. The molecule has 0 fully saturated rings. The van der Waals surface area contributed by atoms with Gasteiger partial charge in [-0.1, -0.05) is 31.9 Å². The van der Waals surface area contributed by atoms with Gasteiger partial charge in [-0.05, 0) is 110 Å². The van der Waals surface area contributed by atoms with Gasteiger partial charge in [0.15, 0.2) is 0 Å². The van der Waals surface area contributed by atoms with Gasteiger partial charge in [0.25, 0.3) is 0 Å². The number of ether oxygens (including phenoxy) is 2. The third-order valence-electron chi connectivity index (χ3n) is 5.00. The Morgan fingerprint density at radius 3 is 1.27 bits per heavy atom. The van der Waals surface area contributed by atoms with Crippen molar-refractivity contribution in [3.8, 4) is 23.0 Å². The predicted molar refractivity (Wildman–Crippen MR) is 136 cm³/mol. The van der Waals surface area contributed by atoms with Gasteiger partial charge >= 0.3 is 0 Å². The van der Waals surface area contributed by atoms with E-state index in [0.717, 1.165) is 20.1 Å². The highest BCUT2D eigenvalue weighted by atomic mass is 79.9. The standard InChI is InChI=1S/C26H20Br2O4S/c1-17-15-19(27)3-13-25(17)31-21-5-9-23(10-6-21)33(29,30)24-11-7-22(8-12-24)32-26-14-4-20(28)16-18(26)2/h3-16H,1-2H3. The molecule has 0 N–H and O–H groups in total. The molecule has 4 aromatic rings. The minimum absolute atomic E-state index is 0.194. The summed E-state index contributed by atoms with van der Waals surface area (Å²) in [6, 6.07) is 24.3. The van der Waals surface area contributed by atoms with Crippen LogP contribution < -0.4 is 9.47 Å². The minimum atomic E-state index is -3.67. The topological polar surface area (TPSA) is 52.6 Å². The second kappa shape index (κ2) is 9.71. The fraction of sp³-hybridized carbons (Fsp3) is 0.0769. The maximum atomic E-state index is 13.1. The summed E-state index contributed by atoms with van der Waals surface area (Å²) in [5, 5.41) is 0. The summed E-state index contributed by atoms with van der Waals surface area (Å²) in [4.78, 5) is 0.389. The first-order valence-corrected chi connectivity index (χ1v) is 13.1. The van der Waals surface area contributed by atoms with Gasteiger partial charge in [-0.2, -0.15) is 0 Å². The number of hydrogen-bond donors (Lipinski definition) is 0. The lowest BCUT2D eigenvalue weighted by molar-refractivity contribution is 0.478. The van der Waals surface area contributed by atoms with E-state index < -0.39 is 9.84 Å². The molecule has 0 atom stereocenters. The van der Waals surface area contributed by atoms with Crippen molar-refractivity contribution < 1.29 is 17.9 Å². The van der Waals surface area contributed by atoms with Crippen LogP contribution in [0.3, 0.4) is 0 Å². The van der Waals surface area contributed by atoms with Crippen molar-refractivity contribution in [2.75, 3.05) is 0 Å². The van der Waals surface area contributed by atoms with Crippen molar-refractivity contribution in [3.63, 3.8) is 0 Å². The number of hydrogen-bond acceptors (Lipinski definition) is 4. The van der Waals surface area contributed by atoms with E-state index in [1.165, 1.54) is 0 Å². The molecule has 0 spiro atoms. The van der Waals surface area contributed by atoms with E-state index in [-0.39, 0.29) is 9.79 Å². The molecule has 0 amide bonds. The molecule has 7 heteroatoms. The largest absolute Gasteiger partial charge is 0.457 e. The Hall–Kier alpha value is -2.61. The van der Waals surface area contributed by atoms with Crippen molar-refractivity contribution >= 4 is 41.7 Å². The zero-order valence-corrected chi connectivity index (χ0v) is 21.9. The highest BCUT2D eigenvalue weighted by Crippen LogP contribution is 2.31. The normalized spacial score (nSPS) is 11.3. The average Bonchev–Trinajstić information content (AvgIpc) is 2.78. The predicted octanol–water partition coefficient (Wildman–Crippen LogP) is 8.25. The highest BCUT2D eigenvalue weighted by molar-refractivity contribution is 9.10. The number of rotatable bonds is 6. The van der Waals surface area contributed by atoms with E-state index in [0.29, 0.717) is 23.0 Å². The molecule has 4 aromatic carbocycles. The zero-order chi connectivity index (χ0) is 23.6. The molecule has 0 heterocycles. The summed E-state index contributed by atoms with van der Waals surface area (Å²) < 4.78 is 39.9. The molecule has 0 aliphatic carbocycles. The van der Waals surface area contributed by atoms with Crippen LogP contribution >= 0.6 is 31.9 Å². The quantitative estimate of drug-likeness (QED) is 0.228. The first-order valence-electron chi connectivity index (χ1n) is 10.1. The number of aryl methyl sites for hydroxylation is 2. The average molecular weight is 588 g/mol. The fourth-order valence-corrected chi connectivity index (χ4v) is 5.43. The number of sulfone groups is 1. The van der Waals surface area contributed by atoms with E-state index in [9.17, 15) is 8.42 Å². The molecule has 0 aliphatic rings. The van der Waals surface area contributed by atoms with Crippen LogP contribution in [0.1, 0.15) is 11.1 Å². The molecule has 4 rings (SSSR count). The Morgan fingerprint density at radius 1 is 0.576 bits per heavy atom. The van der Waals surface area contributed by atoms with Crippen molar-refractivity contribution in [2.24, 2.45) is 0 Å². The van der Waals surface area contributed by atoms with Crippen LogP contribution in [0.25, 0.3) is 0 Å². The Morgan fingerprint density at radius 2 is 0.939 bits per heavy atom. The molecule has 168 valence electrons. The summed E-state index contributed by atoms with van der Waals surface area (Å²) in [5.41, 5.74) is 1.95. The van der Waals surface area contributed by atoms with Crippen LogP contribution in [0.2, 0.25) is 0 Å². The van der Waals surface area contributed by atoms with Gasteiger partial charge in [-0.15, -0.1) is 0 Å². The lowest BCUT2D eigenvalue weighted by Gasteiger charge is -2.11. The molecule has 0 aliphatic heterocycles. The van der Waals surface area contributed by atoms with Crippen LogP contribution in [0.5, 0.6) is 23.0 Å². The highest BCUT2D eigenvalue weighted by Gasteiger charge is 2.18. The van der Waals surface area contributed by atoms with Crippen LogP contribution in [-0.4, -0.2) is 8.42 Å². The van der Waals surface area contributed by atoms with Gasteiger partial charge in [0.05, 0.1) is 9.79 Å². The van der Waals surface area contributed by atoms with E-state index in [1.54, 1.807) is 48.5 Å². The zero-order valence-electron chi connectivity index (χ0n) is 17.9. The maximum Gasteiger partial charge on any atom is 0.206 e. The molecule has 0 saturated heterocycles. The molecule has 0 saturated carbocycles. The molecule has 33 heavy (non-hydrogen) atoms. The third kappa shape index (κ3) is 5.49. The van der Waals surface area contributed by atoms with Gasteiger partial charge in [0.1, 0.15) is 23.0 Å². The SMILES string of the molecule is Cc1cc(Br)ccc1Oc1ccc(S(=O)(=O)c2ccc(Oc3ccc(Br)cc3C)cc2)cc1. The van der Waals surface area contributed by atoms with Gasteiger partial charge in [0, 0.05) is 8.95 Å². The fourth-order valence-electron chi connectivity index (χ4n) is 3.22. The smallest absolute Gasteiger partial charge is 0.206 e. The number of benzene rings is 4. The van der Waals surface area contributed by atoms with Crippen molar-refractivity contribution in [2.45, 2.75) is 23.6 Å². The van der Waals surface area contributed by atoms with Crippen molar-refractivity contribution in [1.29, 1.82) is 0 Å². The van der Waals surface area contributed by atoms with E-state index >= 15 is 0 Å². The van der Waals surface area contributed by atoms with Crippen LogP contribution in [0.15, 0.2) is 104 Å². The van der Waals surface area contributed by atoms with Crippen LogP contribution in [0, 0.1) is 13.8 Å². The molecule has 4 nitrogen and oxygen atoms in total. The Bertz CT molecular complexity index is 1290. The summed E-state index contributed by atoms with van der Waals surface area (Å²) in [7, 11) is -3.67. The second-order valence-electron chi connectivity index (χ2n) is 7.47. The summed E-state index contributed by atoms with van der Waals surface area (Å²) in [6.45, 7) is 3.90. The molecule has 0 bridgehead atoms. The second-order valence-corrected chi connectivity index (χ2v) is 11.3. The van der Waals surface area contributed by atoms with Gasteiger partial charge < -0.3 is 9.47 Å². The van der Waals surface area contributed by atoms with Crippen molar-refractivity contribution in [3.05, 3.63) is 105 Å². The monoisotopic (exact) mass is 586 g/mol. The Balaban J connectivity index is 1.50. The van der Waals surface area contributed by atoms with Crippen LogP contribution in [-0.2, 0) is 9.84 Å². The van der Waals surface area contributed by atoms with E-state index in [2.05, 4.69) is 31.9 Å². The lowest BCUT2D eigenvalue weighted by Crippen LogP contribution is -2.02. The van der Waals surface area contributed by atoms with Crippen LogP contribution in [0.4, 0.5) is 0 Å². The molecule has 0 aromatic heterocycles. The van der Waals surface area contributed by atoms with E-state index in [1.807, 2.05) is 50.2 Å². The third-order valence-corrected chi connectivity index (χ3v) is 7.77. The van der Waals surface area contributed by atoms with E-state index in [4.69, 9.17) is 9.47 Å². The first kappa shape index (κ1) is 23.5. The Labute approximate surface area is 210 Å². The molecular formula is C26H20Br2O4S. The summed E-state index contributed by atoms with van der Waals surface area (Å²) in [5.74, 6) is 2.55. The molecule has 0 unspecified atom stereocenters. The lowest BCUT2D eigenvalue weighted by atomic mass is 10.2. The van der Waals surface area contributed by atoms with Gasteiger partial charge in [-0.3, -0.25) is 0 Å². The van der Waals surface area contributed by atoms with Gasteiger partial charge in [0.2, 0.25) is 9.84 Å². The van der Waals surface area contributed by atoms with Crippen molar-refractivity contribution in [1.82, 2.24) is 0 Å². The molecule has 0 radical (unpaired) electrons. The molecular weight excluding hydrogens is 568 g/mol. The Kier molecular flexibility index (Phi) is 6.93. The minimum Gasteiger partial charge on any atom is -0.457 e. The van der Waals surface area contributed by atoms with Gasteiger partial charge in [-0.25, -0.2) is 8.42 Å². The maximum absolute atomic E-state index is 13.1. The first-order chi connectivity index (χ1) is 15.7. The number of halogens is 2. The summed E-state index contributed by atoms with van der Waals surface area (Å²) >= 11 is 6.86.